The van der Waals surface area contributed by atoms with Crippen molar-refractivity contribution in [1.29, 1.82) is 0 Å². The van der Waals surface area contributed by atoms with Gasteiger partial charge in [-0.3, -0.25) is 4.90 Å². The van der Waals surface area contributed by atoms with Crippen molar-refractivity contribution in [2.24, 2.45) is 0 Å². The second-order valence-electron chi connectivity index (χ2n) is 7.33. The van der Waals surface area contributed by atoms with Crippen LogP contribution in [0.4, 0.5) is 17.6 Å². The first kappa shape index (κ1) is 22.4. The number of rotatable bonds is 5. The van der Waals surface area contributed by atoms with Crippen LogP contribution >= 0.6 is 0 Å². The van der Waals surface area contributed by atoms with Gasteiger partial charge in [0, 0.05) is 31.7 Å². The zero-order valence-electron chi connectivity index (χ0n) is 16.7. The van der Waals surface area contributed by atoms with E-state index in [9.17, 15) is 26.0 Å². The summed E-state index contributed by atoms with van der Waals surface area (Å²) in [5, 5.41) is 0. The second-order valence-corrected chi connectivity index (χ2v) is 9.27. The van der Waals surface area contributed by atoms with E-state index in [4.69, 9.17) is 4.42 Å². The lowest BCUT2D eigenvalue weighted by molar-refractivity contribution is -0.137. The number of aromatic nitrogens is 1. The SMILES string of the molecule is O=S(=O)(c1ccc(C(F)(F)F)cc1)N1CCN(Cc2ncc(-c3ccc(F)cc3)o2)CC1. The van der Waals surface area contributed by atoms with Crippen LogP contribution in [0.3, 0.4) is 0 Å². The van der Waals surface area contributed by atoms with E-state index in [1.165, 1.54) is 16.4 Å². The van der Waals surface area contributed by atoms with Crippen LogP contribution in [-0.4, -0.2) is 48.8 Å². The summed E-state index contributed by atoms with van der Waals surface area (Å²) in [6.07, 6.45) is -2.97. The molecule has 0 bridgehead atoms. The average molecular weight is 469 g/mol. The van der Waals surface area contributed by atoms with Gasteiger partial charge in [-0.25, -0.2) is 17.8 Å². The Bertz CT molecular complexity index is 1170. The van der Waals surface area contributed by atoms with Crippen LogP contribution in [-0.2, 0) is 22.7 Å². The number of hydrogen-bond donors (Lipinski definition) is 0. The summed E-state index contributed by atoms with van der Waals surface area (Å²) in [5.41, 5.74) is -0.204. The van der Waals surface area contributed by atoms with E-state index in [0.29, 0.717) is 36.8 Å². The van der Waals surface area contributed by atoms with Crippen molar-refractivity contribution in [1.82, 2.24) is 14.2 Å². The number of benzene rings is 2. The summed E-state index contributed by atoms with van der Waals surface area (Å²) in [4.78, 5) is 6.03. The summed E-state index contributed by atoms with van der Waals surface area (Å²) in [6.45, 7) is 1.57. The molecule has 0 unspecified atom stereocenters. The van der Waals surface area contributed by atoms with Crippen LogP contribution in [0, 0.1) is 5.82 Å². The van der Waals surface area contributed by atoms with E-state index in [1.807, 2.05) is 4.90 Å². The van der Waals surface area contributed by atoms with Gasteiger partial charge in [-0.05, 0) is 48.5 Å². The molecule has 2 heterocycles. The van der Waals surface area contributed by atoms with Crippen molar-refractivity contribution in [3.63, 3.8) is 0 Å². The third kappa shape index (κ3) is 4.84. The average Bonchev–Trinajstić information content (AvgIpc) is 3.22. The molecular formula is C21H19F4N3O3S. The van der Waals surface area contributed by atoms with E-state index in [-0.39, 0.29) is 23.8 Å². The van der Waals surface area contributed by atoms with E-state index in [1.54, 1.807) is 18.3 Å². The molecule has 1 aromatic heterocycles. The van der Waals surface area contributed by atoms with Gasteiger partial charge in [-0.1, -0.05) is 0 Å². The van der Waals surface area contributed by atoms with Crippen LogP contribution in [0.1, 0.15) is 11.5 Å². The maximum atomic E-state index is 13.1. The zero-order chi connectivity index (χ0) is 22.9. The molecule has 6 nitrogen and oxygen atoms in total. The zero-order valence-corrected chi connectivity index (χ0v) is 17.5. The first-order valence-corrected chi connectivity index (χ1v) is 11.2. The van der Waals surface area contributed by atoms with E-state index < -0.39 is 21.8 Å². The van der Waals surface area contributed by atoms with E-state index in [2.05, 4.69) is 4.98 Å². The second kappa shape index (κ2) is 8.64. The fourth-order valence-corrected chi connectivity index (χ4v) is 4.84. The lowest BCUT2D eigenvalue weighted by atomic mass is 10.2. The monoisotopic (exact) mass is 469 g/mol. The topological polar surface area (TPSA) is 66.7 Å². The summed E-state index contributed by atoms with van der Waals surface area (Å²) < 4.78 is 83.7. The Labute approximate surface area is 182 Å². The molecule has 32 heavy (non-hydrogen) atoms. The number of hydrogen-bond acceptors (Lipinski definition) is 5. The smallest absolute Gasteiger partial charge is 0.416 e. The molecule has 1 aliphatic rings. The summed E-state index contributed by atoms with van der Waals surface area (Å²) in [6, 6.07) is 9.33. The summed E-state index contributed by atoms with van der Waals surface area (Å²) in [7, 11) is -3.89. The number of alkyl halides is 3. The molecule has 1 aliphatic heterocycles. The lowest BCUT2D eigenvalue weighted by Crippen LogP contribution is -2.48. The van der Waals surface area contributed by atoms with Gasteiger partial charge in [0.25, 0.3) is 0 Å². The lowest BCUT2D eigenvalue weighted by Gasteiger charge is -2.33. The Kier molecular flexibility index (Phi) is 6.06. The minimum absolute atomic E-state index is 0.171. The Balaban J connectivity index is 1.36. The molecule has 0 saturated carbocycles. The molecule has 0 aliphatic carbocycles. The third-order valence-corrected chi connectivity index (χ3v) is 7.10. The minimum Gasteiger partial charge on any atom is -0.439 e. The molecule has 2 aromatic carbocycles. The summed E-state index contributed by atoms with van der Waals surface area (Å²) in [5.74, 6) is 0.601. The van der Waals surface area contributed by atoms with Crippen LogP contribution in [0.2, 0.25) is 0 Å². The maximum Gasteiger partial charge on any atom is 0.416 e. The largest absolute Gasteiger partial charge is 0.439 e. The minimum atomic E-state index is -4.52. The highest BCUT2D eigenvalue weighted by atomic mass is 32.2. The van der Waals surface area contributed by atoms with Gasteiger partial charge in [-0.15, -0.1) is 0 Å². The van der Waals surface area contributed by atoms with Crippen molar-refractivity contribution in [3.05, 3.63) is 72.0 Å². The van der Waals surface area contributed by atoms with Crippen molar-refractivity contribution in [3.8, 4) is 11.3 Å². The molecule has 170 valence electrons. The summed E-state index contributed by atoms with van der Waals surface area (Å²) >= 11 is 0. The molecule has 0 N–H and O–H groups in total. The van der Waals surface area contributed by atoms with Crippen molar-refractivity contribution < 1.29 is 30.4 Å². The molecular weight excluding hydrogens is 450 g/mol. The molecule has 1 saturated heterocycles. The van der Waals surface area contributed by atoms with Crippen molar-refractivity contribution in [2.45, 2.75) is 17.6 Å². The molecule has 0 atom stereocenters. The fraction of sp³-hybridized carbons (Fsp3) is 0.286. The Hall–Kier alpha value is -2.76. The third-order valence-electron chi connectivity index (χ3n) is 5.19. The Morgan fingerprint density at radius 2 is 1.56 bits per heavy atom. The van der Waals surface area contributed by atoms with Crippen LogP contribution in [0.5, 0.6) is 0 Å². The van der Waals surface area contributed by atoms with Crippen molar-refractivity contribution in [2.75, 3.05) is 26.2 Å². The molecule has 0 radical (unpaired) electrons. The number of oxazole rings is 1. The van der Waals surface area contributed by atoms with Gasteiger partial charge in [0.2, 0.25) is 15.9 Å². The Morgan fingerprint density at radius 1 is 0.938 bits per heavy atom. The van der Waals surface area contributed by atoms with Gasteiger partial charge < -0.3 is 4.42 Å². The molecule has 11 heteroatoms. The first-order valence-electron chi connectivity index (χ1n) is 9.73. The highest BCUT2D eigenvalue weighted by Gasteiger charge is 2.32. The van der Waals surface area contributed by atoms with E-state index in [0.717, 1.165) is 24.3 Å². The van der Waals surface area contributed by atoms with Crippen LogP contribution < -0.4 is 0 Å². The molecule has 1 fully saturated rings. The predicted molar refractivity (Wildman–Crippen MR) is 107 cm³/mol. The molecule has 0 spiro atoms. The van der Waals surface area contributed by atoms with E-state index >= 15 is 0 Å². The standard InChI is InChI=1S/C21H19F4N3O3S/c22-17-5-1-15(2-6-17)19-13-26-20(31-19)14-27-9-11-28(12-10-27)32(29,30)18-7-3-16(4-8-18)21(23,24)25/h1-8,13H,9-12,14H2. The van der Waals surface area contributed by atoms with Gasteiger partial charge in [0.15, 0.2) is 5.76 Å². The molecule has 0 amide bonds. The molecule has 4 rings (SSSR count). The van der Waals surface area contributed by atoms with Crippen LogP contribution in [0.15, 0.2) is 64.0 Å². The number of sulfonamides is 1. The van der Waals surface area contributed by atoms with Crippen LogP contribution in [0.25, 0.3) is 11.3 Å². The van der Waals surface area contributed by atoms with Gasteiger partial charge in [0.05, 0.1) is 23.2 Å². The number of halogens is 4. The number of nitrogens with zero attached hydrogens (tertiary/aromatic N) is 3. The highest BCUT2D eigenvalue weighted by molar-refractivity contribution is 7.89. The quantitative estimate of drug-likeness (QED) is 0.529. The maximum absolute atomic E-state index is 13.1. The normalized spacial score (nSPS) is 16.4. The highest BCUT2D eigenvalue weighted by Crippen LogP contribution is 2.30. The van der Waals surface area contributed by atoms with Gasteiger partial charge >= 0.3 is 6.18 Å². The predicted octanol–water partition coefficient (Wildman–Crippen LogP) is 4.01. The fourth-order valence-electron chi connectivity index (χ4n) is 3.42. The van der Waals surface area contributed by atoms with Gasteiger partial charge in [0.1, 0.15) is 5.82 Å². The first-order chi connectivity index (χ1) is 15.1. The molecule has 3 aromatic rings. The van der Waals surface area contributed by atoms with Gasteiger partial charge in [-0.2, -0.15) is 17.5 Å². The number of piperazine rings is 1. The van der Waals surface area contributed by atoms with Crippen molar-refractivity contribution >= 4 is 10.0 Å². The Morgan fingerprint density at radius 3 is 2.16 bits per heavy atom.